The van der Waals surface area contributed by atoms with Crippen LogP contribution in [-0.4, -0.2) is 37.0 Å². The summed E-state index contributed by atoms with van der Waals surface area (Å²) >= 11 is 0. The third kappa shape index (κ3) is 3.63. The Morgan fingerprint density at radius 2 is 2.14 bits per heavy atom. The van der Waals surface area contributed by atoms with E-state index in [4.69, 9.17) is 0 Å². The van der Waals surface area contributed by atoms with Gasteiger partial charge in [0, 0.05) is 18.8 Å². The maximum absolute atomic E-state index is 12.3. The van der Waals surface area contributed by atoms with E-state index in [-0.39, 0.29) is 11.8 Å². The highest BCUT2D eigenvalue weighted by atomic mass is 16.1. The number of hydrogen-bond donors (Lipinski definition) is 2. The second kappa shape index (κ2) is 6.58. The Kier molecular flexibility index (Phi) is 4.56. The van der Waals surface area contributed by atoms with E-state index in [0.29, 0.717) is 5.92 Å². The van der Waals surface area contributed by atoms with Gasteiger partial charge in [0.1, 0.15) is 0 Å². The fourth-order valence-corrected chi connectivity index (χ4v) is 3.34. The molecule has 0 radical (unpaired) electrons. The van der Waals surface area contributed by atoms with Crippen LogP contribution in [-0.2, 0) is 11.3 Å². The van der Waals surface area contributed by atoms with Crippen LogP contribution in [0, 0.1) is 11.8 Å². The summed E-state index contributed by atoms with van der Waals surface area (Å²) in [7, 11) is 0. The van der Waals surface area contributed by atoms with Gasteiger partial charge >= 0.3 is 0 Å². The van der Waals surface area contributed by atoms with Crippen LogP contribution in [0.25, 0.3) is 0 Å². The monoisotopic (exact) mass is 287 g/mol. The van der Waals surface area contributed by atoms with Crippen molar-refractivity contribution in [3.05, 3.63) is 29.8 Å². The lowest BCUT2D eigenvalue weighted by molar-refractivity contribution is -0.120. The van der Waals surface area contributed by atoms with Gasteiger partial charge in [-0.3, -0.25) is 9.69 Å². The van der Waals surface area contributed by atoms with E-state index in [1.54, 1.807) is 0 Å². The maximum atomic E-state index is 12.3. The first kappa shape index (κ1) is 14.5. The summed E-state index contributed by atoms with van der Waals surface area (Å²) in [6, 6.07) is 8.28. The Morgan fingerprint density at radius 1 is 1.33 bits per heavy atom. The number of nitrogens with one attached hydrogen (secondary N) is 2. The van der Waals surface area contributed by atoms with Gasteiger partial charge in [0.05, 0.1) is 5.92 Å². The SMILES string of the molecule is CC1CNCC1C(=O)Nc1cccc(CN2CCCC2)c1. The number of carbonyl (C=O) groups excluding carboxylic acids is 1. The van der Waals surface area contributed by atoms with E-state index >= 15 is 0 Å². The standard InChI is InChI=1S/C17H25N3O/c1-13-10-18-11-16(13)17(21)19-15-6-4-5-14(9-15)12-20-7-2-3-8-20/h4-6,9,13,16,18H,2-3,7-8,10-12H2,1H3,(H,19,21). The molecule has 2 N–H and O–H groups in total. The minimum Gasteiger partial charge on any atom is -0.326 e. The second-order valence-electron chi connectivity index (χ2n) is 6.41. The van der Waals surface area contributed by atoms with Crippen molar-refractivity contribution in [2.24, 2.45) is 11.8 Å². The van der Waals surface area contributed by atoms with Crippen LogP contribution in [0.3, 0.4) is 0 Å². The molecule has 4 heteroatoms. The molecule has 0 aliphatic carbocycles. The molecule has 1 aromatic carbocycles. The molecule has 2 aliphatic heterocycles. The van der Waals surface area contributed by atoms with Crippen molar-refractivity contribution in [1.82, 2.24) is 10.2 Å². The van der Waals surface area contributed by atoms with Crippen LogP contribution in [0.15, 0.2) is 24.3 Å². The molecule has 1 aromatic rings. The molecule has 0 saturated carbocycles. The molecule has 2 saturated heterocycles. The molecule has 114 valence electrons. The lowest BCUT2D eigenvalue weighted by Gasteiger charge is -2.17. The number of anilines is 1. The van der Waals surface area contributed by atoms with Crippen LogP contribution >= 0.6 is 0 Å². The average molecular weight is 287 g/mol. The Bertz CT molecular complexity index is 497. The van der Waals surface area contributed by atoms with Crippen molar-refractivity contribution in [3.63, 3.8) is 0 Å². The first-order valence-electron chi connectivity index (χ1n) is 8.05. The first-order valence-corrected chi connectivity index (χ1v) is 8.05. The smallest absolute Gasteiger partial charge is 0.229 e. The number of hydrogen-bond acceptors (Lipinski definition) is 3. The zero-order valence-corrected chi connectivity index (χ0v) is 12.8. The molecule has 0 aromatic heterocycles. The Labute approximate surface area is 126 Å². The van der Waals surface area contributed by atoms with Crippen molar-refractivity contribution in [2.75, 3.05) is 31.5 Å². The molecule has 2 unspecified atom stereocenters. The predicted molar refractivity (Wildman–Crippen MR) is 85.1 cm³/mol. The van der Waals surface area contributed by atoms with E-state index in [0.717, 1.165) is 25.3 Å². The lowest BCUT2D eigenvalue weighted by atomic mass is 9.97. The molecule has 2 fully saturated rings. The quantitative estimate of drug-likeness (QED) is 0.891. The number of carbonyl (C=O) groups is 1. The Balaban J connectivity index is 1.61. The van der Waals surface area contributed by atoms with Gasteiger partial charge in [-0.05, 0) is 56.1 Å². The molecule has 2 aliphatic rings. The van der Waals surface area contributed by atoms with Crippen molar-refractivity contribution in [3.8, 4) is 0 Å². The lowest BCUT2D eigenvalue weighted by Crippen LogP contribution is -2.27. The van der Waals surface area contributed by atoms with Gasteiger partial charge in [-0.15, -0.1) is 0 Å². The van der Waals surface area contributed by atoms with Gasteiger partial charge in [-0.2, -0.15) is 0 Å². The molecule has 2 atom stereocenters. The normalized spacial score (nSPS) is 26.1. The summed E-state index contributed by atoms with van der Waals surface area (Å²) in [6.45, 7) is 7.25. The highest BCUT2D eigenvalue weighted by Crippen LogP contribution is 2.20. The highest BCUT2D eigenvalue weighted by Gasteiger charge is 2.29. The Hall–Kier alpha value is -1.39. The molecule has 4 nitrogen and oxygen atoms in total. The second-order valence-corrected chi connectivity index (χ2v) is 6.41. The fraction of sp³-hybridized carbons (Fsp3) is 0.588. The molecule has 1 amide bonds. The summed E-state index contributed by atoms with van der Waals surface area (Å²) in [5, 5.41) is 6.36. The summed E-state index contributed by atoms with van der Waals surface area (Å²) in [5.41, 5.74) is 2.21. The van der Waals surface area contributed by atoms with Gasteiger partial charge in [-0.25, -0.2) is 0 Å². The van der Waals surface area contributed by atoms with E-state index in [2.05, 4.69) is 34.6 Å². The predicted octanol–water partition coefficient (Wildman–Crippen LogP) is 2.08. The number of likely N-dealkylation sites (tertiary alicyclic amines) is 1. The molecular formula is C17H25N3O. The third-order valence-corrected chi connectivity index (χ3v) is 4.65. The molecule has 3 rings (SSSR count). The maximum Gasteiger partial charge on any atom is 0.229 e. The summed E-state index contributed by atoms with van der Waals surface area (Å²) in [5.74, 6) is 0.649. The van der Waals surface area contributed by atoms with E-state index in [1.807, 2.05) is 12.1 Å². The van der Waals surface area contributed by atoms with Gasteiger partial charge < -0.3 is 10.6 Å². The zero-order valence-electron chi connectivity index (χ0n) is 12.8. The van der Waals surface area contributed by atoms with E-state index in [9.17, 15) is 4.79 Å². The molecular weight excluding hydrogens is 262 g/mol. The number of rotatable bonds is 4. The number of benzene rings is 1. The Morgan fingerprint density at radius 3 is 2.86 bits per heavy atom. The van der Waals surface area contributed by atoms with Crippen molar-refractivity contribution >= 4 is 11.6 Å². The summed E-state index contributed by atoms with van der Waals surface area (Å²) < 4.78 is 0. The molecule has 0 spiro atoms. The van der Waals surface area contributed by atoms with Gasteiger partial charge in [0.25, 0.3) is 0 Å². The zero-order chi connectivity index (χ0) is 14.7. The van der Waals surface area contributed by atoms with Crippen LogP contribution in [0.4, 0.5) is 5.69 Å². The molecule has 2 heterocycles. The molecule has 21 heavy (non-hydrogen) atoms. The van der Waals surface area contributed by atoms with Gasteiger partial charge in [0.15, 0.2) is 0 Å². The van der Waals surface area contributed by atoms with Crippen LogP contribution in [0.2, 0.25) is 0 Å². The third-order valence-electron chi connectivity index (χ3n) is 4.65. The summed E-state index contributed by atoms with van der Waals surface area (Å²) in [4.78, 5) is 14.8. The average Bonchev–Trinajstić information content (AvgIpc) is 3.10. The first-order chi connectivity index (χ1) is 10.2. The number of nitrogens with zero attached hydrogens (tertiary/aromatic N) is 1. The largest absolute Gasteiger partial charge is 0.326 e. The van der Waals surface area contributed by atoms with E-state index in [1.165, 1.54) is 31.5 Å². The minimum absolute atomic E-state index is 0.0900. The fourth-order valence-electron chi connectivity index (χ4n) is 3.34. The highest BCUT2D eigenvalue weighted by molar-refractivity contribution is 5.93. The number of amides is 1. The van der Waals surface area contributed by atoms with E-state index < -0.39 is 0 Å². The van der Waals surface area contributed by atoms with Crippen molar-refractivity contribution in [1.29, 1.82) is 0 Å². The van der Waals surface area contributed by atoms with Crippen molar-refractivity contribution < 1.29 is 4.79 Å². The van der Waals surface area contributed by atoms with Crippen LogP contribution < -0.4 is 10.6 Å². The molecule has 0 bridgehead atoms. The summed E-state index contributed by atoms with van der Waals surface area (Å²) in [6.07, 6.45) is 2.62. The van der Waals surface area contributed by atoms with Crippen LogP contribution in [0.5, 0.6) is 0 Å². The van der Waals surface area contributed by atoms with Crippen molar-refractivity contribution in [2.45, 2.75) is 26.3 Å². The topological polar surface area (TPSA) is 44.4 Å². The minimum atomic E-state index is 0.0900. The van der Waals surface area contributed by atoms with Gasteiger partial charge in [-0.1, -0.05) is 19.1 Å². The van der Waals surface area contributed by atoms with Gasteiger partial charge in [0.2, 0.25) is 5.91 Å². The van der Waals surface area contributed by atoms with Crippen LogP contribution in [0.1, 0.15) is 25.3 Å².